The van der Waals surface area contributed by atoms with E-state index in [2.05, 4.69) is 19.9 Å². The number of allylic oxidation sites excluding steroid dienone is 2. The zero-order valence-corrected chi connectivity index (χ0v) is 17.7. The molecule has 4 saturated carbocycles. The molecule has 0 aromatic rings. The highest BCUT2D eigenvalue weighted by atomic mass is 16.6. The zero-order chi connectivity index (χ0) is 21.3. The first-order valence-corrected chi connectivity index (χ1v) is 11.5. The van der Waals surface area contributed by atoms with E-state index in [1.54, 1.807) is 0 Å². The van der Waals surface area contributed by atoms with Gasteiger partial charge in [-0.2, -0.15) is 5.26 Å². The van der Waals surface area contributed by atoms with Gasteiger partial charge in [-0.05, 0) is 61.7 Å². The Morgan fingerprint density at radius 2 is 1.90 bits per heavy atom. The molecule has 5 aliphatic carbocycles. The second kappa shape index (κ2) is 5.30. The van der Waals surface area contributed by atoms with Gasteiger partial charge in [-0.15, -0.1) is 0 Å². The summed E-state index contributed by atoms with van der Waals surface area (Å²) in [4.78, 5) is 25.0. The fourth-order valence-corrected chi connectivity index (χ4v) is 9.56. The average Bonchev–Trinajstić information content (AvgIpc) is 3.31. The third-order valence-corrected chi connectivity index (χ3v) is 10.8. The van der Waals surface area contributed by atoms with Gasteiger partial charge in [0.15, 0.2) is 5.78 Å². The lowest BCUT2D eigenvalue weighted by atomic mass is 9.39. The van der Waals surface area contributed by atoms with Crippen LogP contribution in [0.4, 0.5) is 0 Å². The lowest BCUT2D eigenvalue weighted by Gasteiger charge is -2.64. The molecule has 0 radical (unpaired) electrons. The van der Waals surface area contributed by atoms with E-state index in [1.165, 1.54) is 0 Å². The molecule has 2 bridgehead atoms. The first-order valence-electron chi connectivity index (χ1n) is 11.5. The number of carbonyl (C=O) groups excluding carboxylic acids is 2. The second-order valence-electron chi connectivity index (χ2n) is 11.4. The van der Waals surface area contributed by atoms with E-state index < -0.39 is 22.5 Å². The summed E-state index contributed by atoms with van der Waals surface area (Å²) >= 11 is 0. The Hall–Kier alpha value is -1.87. The first kappa shape index (κ1) is 18.9. The van der Waals surface area contributed by atoms with Crippen LogP contribution in [0.1, 0.15) is 65.2 Å². The molecule has 1 spiro atoms. The number of aliphatic hydroxyl groups excluding tert-OH is 1. The van der Waals surface area contributed by atoms with Crippen LogP contribution in [0, 0.1) is 51.2 Å². The molecule has 160 valence electrons. The standard InChI is InChI=1S/C24H30N2O4/c1-21-6-4-14(27)19-20(26)12(9-23(19,21)11-25)17-13-3-7-24(8-5-16(29)30-24)22(13,2)10-15(28)18(17)21/h12-13,15,17-18,28H,3-10,26H2,1-2H3/t12?,13?,15?,17?,18?,21-,22+,23?,24?/m1/s1. The van der Waals surface area contributed by atoms with E-state index in [1.807, 2.05) is 0 Å². The van der Waals surface area contributed by atoms with Crippen molar-refractivity contribution in [2.75, 3.05) is 0 Å². The van der Waals surface area contributed by atoms with Gasteiger partial charge in [-0.1, -0.05) is 13.8 Å². The van der Waals surface area contributed by atoms with Crippen LogP contribution in [-0.2, 0) is 14.3 Å². The van der Waals surface area contributed by atoms with Crippen molar-refractivity contribution in [2.24, 2.45) is 45.7 Å². The number of Topliss-reactive ketones (excluding diaryl/α,β-unsaturated/α-hetero) is 1. The Kier molecular flexibility index (Phi) is 3.33. The number of fused-ring (bicyclic) bond motifs is 7. The maximum Gasteiger partial charge on any atom is 0.306 e. The number of nitrogens with zero attached hydrogens (tertiary/aromatic N) is 1. The highest BCUT2D eigenvalue weighted by molar-refractivity contribution is 6.00. The number of rotatable bonds is 0. The van der Waals surface area contributed by atoms with E-state index in [0.717, 1.165) is 19.3 Å². The molecule has 9 atom stereocenters. The molecule has 7 unspecified atom stereocenters. The van der Waals surface area contributed by atoms with E-state index in [9.17, 15) is 20.0 Å². The molecular weight excluding hydrogens is 380 g/mol. The normalized spacial score (nSPS) is 56.0. The molecule has 30 heavy (non-hydrogen) atoms. The van der Waals surface area contributed by atoms with Gasteiger partial charge >= 0.3 is 5.97 Å². The van der Waals surface area contributed by atoms with Crippen molar-refractivity contribution >= 4 is 11.8 Å². The third-order valence-electron chi connectivity index (χ3n) is 10.8. The average molecular weight is 411 g/mol. The highest BCUT2D eigenvalue weighted by Gasteiger charge is 2.76. The predicted octanol–water partition coefficient (Wildman–Crippen LogP) is 2.60. The Morgan fingerprint density at radius 3 is 2.57 bits per heavy atom. The number of esters is 1. The molecule has 0 aromatic heterocycles. The van der Waals surface area contributed by atoms with Gasteiger partial charge in [-0.25, -0.2) is 0 Å². The van der Waals surface area contributed by atoms with Gasteiger partial charge in [0.05, 0.1) is 17.6 Å². The number of ketones is 1. The summed E-state index contributed by atoms with van der Waals surface area (Å²) in [6.45, 7) is 4.33. The second-order valence-corrected chi connectivity index (χ2v) is 11.4. The molecule has 0 amide bonds. The van der Waals surface area contributed by atoms with Crippen LogP contribution < -0.4 is 5.73 Å². The van der Waals surface area contributed by atoms with Crippen LogP contribution in [0.2, 0.25) is 0 Å². The predicted molar refractivity (Wildman–Crippen MR) is 106 cm³/mol. The summed E-state index contributed by atoms with van der Waals surface area (Å²) in [5.41, 5.74) is 5.72. The van der Waals surface area contributed by atoms with Gasteiger partial charge in [0.2, 0.25) is 0 Å². The Bertz CT molecular complexity index is 967. The quantitative estimate of drug-likeness (QED) is 0.594. The number of nitriles is 1. The summed E-state index contributed by atoms with van der Waals surface area (Å²) in [5.74, 6) is 0.169. The minimum atomic E-state index is -0.872. The van der Waals surface area contributed by atoms with Gasteiger partial charge < -0.3 is 15.6 Å². The van der Waals surface area contributed by atoms with E-state index >= 15 is 0 Å². The molecule has 5 fully saturated rings. The van der Waals surface area contributed by atoms with Crippen molar-refractivity contribution in [3.05, 3.63) is 11.3 Å². The van der Waals surface area contributed by atoms with Crippen molar-refractivity contribution in [3.8, 4) is 6.07 Å². The lowest BCUT2D eigenvalue weighted by molar-refractivity contribution is -0.209. The minimum Gasteiger partial charge on any atom is -0.458 e. The molecule has 0 aromatic carbocycles. The molecule has 1 heterocycles. The number of aliphatic hydroxyl groups is 1. The molecule has 6 rings (SSSR count). The SMILES string of the molecule is C[C@]12CC(O)C3C(C4CC5(C#N)C(=C4N)C(=O)CC[C@]35C)C1CCC21CCC(=O)O1. The fraction of sp³-hybridized carbons (Fsp3) is 0.792. The number of carbonyl (C=O) groups is 2. The van der Waals surface area contributed by atoms with Crippen LogP contribution in [-0.4, -0.2) is 28.6 Å². The van der Waals surface area contributed by atoms with Crippen molar-refractivity contribution in [1.82, 2.24) is 0 Å². The maximum absolute atomic E-state index is 12.9. The minimum absolute atomic E-state index is 0.0255. The Labute approximate surface area is 176 Å². The summed E-state index contributed by atoms with van der Waals surface area (Å²) in [6, 6.07) is 2.55. The third kappa shape index (κ3) is 1.71. The van der Waals surface area contributed by atoms with Crippen LogP contribution in [0.25, 0.3) is 0 Å². The lowest BCUT2D eigenvalue weighted by Crippen LogP contribution is -2.64. The summed E-state index contributed by atoms with van der Waals surface area (Å²) in [5, 5.41) is 22.0. The van der Waals surface area contributed by atoms with Gasteiger partial charge in [0.25, 0.3) is 0 Å². The summed E-state index contributed by atoms with van der Waals surface area (Å²) < 4.78 is 5.99. The maximum atomic E-state index is 12.9. The molecule has 1 aliphatic heterocycles. The van der Waals surface area contributed by atoms with Crippen molar-refractivity contribution in [1.29, 1.82) is 5.26 Å². The largest absolute Gasteiger partial charge is 0.458 e. The molecular formula is C24H30N2O4. The summed E-state index contributed by atoms with van der Waals surface area (Å²) in [7, 11) is 0. The molecule has 6 aliphatic rings. The monoisotopic (exact) mass is 410 g/mol. The number of hydrogen-bond donors (Lipinski definition) is 2. The van der Waals surface area contributed by atoms with E-state index in [4.69, 9.17) is 10.5 Å². The highest BCUT2D eigenvalue weighted by Crippen LogP contribution is 2.76. The molecule has 1 saturated heterocycles. The van der Waals surface area contributed by atoms with Crippen LogP contribution in [0.3, 0.4) is 0 Å². The smallest absolute Gasteiger partial charge is 0.306 e. The van der Waals surface area contributed by atoms with Gasteiger partial charge in [0, 0.05) is 35.4 Å². The summed E-state index contributed by atoms with van der Waals surface area (Å²) in [6.07, 6.45) is 4.57. The Balaban J connectivity index is 1.53. The molecule has 3 N–H and O–H groups in total. The molecule has 6 nitrogen and oxygen atoms in total. The topological polar surface area (TPSA) is 113 Å². The van der Waals surface area contributed by atoms with Crippen LogP contribution in [0.5, 0.6) is 0 Å². The van der Waals surface area contributed by atoms with Crippen LogP contribution in [0.15, 0.2) is 11.3 Å². The van der Waals surface area contributed by atoms with Crippen LogP contribution >= 0.6 is 0 Å². The van der Waals surface area contributed by atoms with Crippen molar-refractivity contribution < 1.29 is 19.4 Å². The first-order chi connectivity index (χ1) is 14.1. The number of ether oxygens (including phenoxy) is 1. The van der Waals surface area contributed by atoms with Gasteiger partial charge in [-0.3, -0.25) is 9.59 Å². The number of nitrogens with two attached hydrogens (primary N) is 1. The zero-order valence-electron chi connectivity index (χ0n) is 17.7. The molecule has 6 heteroatoms. The van der Waals surface area contributed by atoms with E-state index in [0.29, 0.717) is 43.4 Å². The van der Waals surface area contributed by atoms with Gasteiger partial charge in [0.1, 0.15) is 5.60 Å². The van der Waals surface area contributed by atoms with Crippen molar-refractivity contribution in [2.45, 2.75) is 76.9 Å². The van der Waals surface area contributed by atoms with Crippen molar-refractivity contribution in [3.63, 3.8) is 0 Å². The number of hydrogen-bond acceptors (Lipinski definition) is 6. The fourth-order valence-electron chi connectivity index (χ4n) is 9.56. The van der Waals surface area contributed by atoms with E-state index in [-0.39, 0.29) is 40.8 Å². The Morgan fingerprint density at radius 1 is 1.13 bits per heavy atom.